The van der Waals surface area contributed by atoms with Crippen molar-refractivity contribution in [2.24, 2.45) is 5.73 Å². The fraction of sp³-hybridized carbons (Fsp3) is 0.259. The number of nitrogens with one attached hydrogen (secondary N) is 1. The number of hydrogen-bond acceptors (Lipinski definition) is 7. The lowest BCUT2D eigenvalue weighted by Gasteiger charge is -2.14. The molecule has 0 saturated heterocycles. The van der Waals surface area contributed by atoms with Crippen molar-refractivity contribution >= 4 is 22.6 Å². The predicted octanol–water partition coefficient (Wildman–Crippen LogP) is 4.97. The van der Waals surface area contributed by atoms with E-state index in [0.717, 1.165) is 0 Å². The van der Waals surface area contributed by atoms with Crippen molar-refractivity contribution in [1.82, 2.24) is 4.98 Å². The van der Waals surface area contributed by atoms with Gasteiger partial charge in [0.15, 0.2) is 5.82 Å². The van der Waals surface area contributed by atoms with Gasteiger partial charge in [-0.3, -0.25) is 9.78 Å². The second kappa shape index (κ2) is 11.7. The van der Waals surface area contributed by atoms with Crippen LogP contribution >= 0.6 is 0 Å². The summed E-state index contributed by atoms with van der Waals surface area (Å²) in [6, 6.07) is 11.8. The number of hydrogen-bond donors (Lipinski definition) is 2. The Morgan fingerprint density at radius 2 is 1.92 bits per heavy atom. The van der Waals surface area contributed by atoms with Gasteiger partial charge >= 0.3 is 5.97 Å². The minimum atomic E-state index is -0.572. The average Bonchev–Trinajstić information content (AvgIpc) is 3.38. The first-order chi connectivity index (χ1) is 17.5. The highest BCUT2D eigenvalue weighted by Crippen LogP contribution is 2.35. The van der Waals surface area contributed by atoms with Crippen LogP contribution in [-0.4, -0.2) is 31.3 Å². The Bertz CT molecular complexity index is 1360. The number of ether oxygens (including phenoxy) is 2. The maximum atomic E-state index is 15.3. The number of anilines is 1. The van der Waals surface area contributed by atoms with E-state index in [1.54, 1.807) is 25.3 Å². The number of pyridine rings is 1. The first-order valence-corrected chi connectivity index (χ1v) is 11.5. The zero-order chi connectivity index (χ0) is 25.5. The predicted molar refractivity (Wildman–Crippen MR) is 132 cm³/mol. The van der Waals surface area contributed by atoms with Gasteiger partial charge in [-0.05, 0) is 29.8 Å². The van der Waals surface area contributed by atoms with Crippen molar-refractivity contribution in [3.05, 3.63) is 83.4 Å². The monoisotopic (exact) mass is 495 g/mol. The van der Waals surface area contributed by atoms with Gasteiger partial charge in [0.1, 0.15) is 11.4 Å². The van der Waals surface area contributed by atoms with E-state index in [1.807, 2.05) is 12.1 Å². The lowest BCUT2D eigenvalue weighted by Crippen LogP contribution is -2.12. The first-order valence-electron chi connectivity index (χ1n) is 11.5. The van der Waals surface area contributed by atoms with Crippen LogP contribution in [0.15, 0.2) is 59.3 Å². The van der Waals surface area contributed by atoms with E-state index in [9.17, 15) is 4.79 Å². The summed E-state index contributed by atoms with van der Waals surface area (Å²) < 4.78 is 46.1. The number of rotatable bonds is 11. The summed E-state index contributed by atoms with van der Waals surface area (Å²) in [4.78, 5) is 16.2. The van der Waals surface area contributed by atoms with Crippen LogP contribution in [0.4, 0.5) is 14.5 Å². The quantitative estimate of drug-likeness (QED) is 0.224. The smallest absolute Gasteiger partial charge is 0.310 e. The van der Waals surface area contributed by atoms with Crippen molar-refractivity contribution in [3.63, 3.8) is 0 Å². The number of aromatic nitrogens is 1. The number of nitrogens with zero attached hydrogens (tertiary/aromatic N) is 1. The highest BCUT2D eigenvalue weighted by molar-refractivity contribution is 5.94. The van der Waals surface area contributed by atoms with Crippen molar-refractivity contribution < 1.29 is 27.5 Å². The minimum absolute atomic E-state index is 0.0642. The van der Waals surface area contributed by atoms with Crippen LogP contribution in [0.1, 0.15) is 23.2 Å². The van der Waals surface area contributed by atoms with Crippen LogP contribution in [0.5, 0.6) is 0 Å². The van der Waals surface area contributed by atoms with Crippen LogP contribution in [0.25, 0.3) is 22.1 Å². The number of furan rings is 1. The number of para-hydroxylation sites is 1. The third kappa shape index (κ3) is 5.53. The van der Waals surface area contributed by atoms with E-state index >= 15 is 8.78 Å². The van der Waals surface area contributed by atoms with Crippen LogP contribution in [-0.2, 0) is 33.8 Å². The third-order valence-corrected chi connectivity index (χ3v) is 5.77. The van der Waals surface area contributed by atoms with E-state index in [2.05, 4.69) is 10.3 Å². The maximum Gasteiger partial charge on any atom is 0.310 e. The molecule has 2 aromatic heterocycles. The Labute approximate surface area is 207 Å². The molecule has 36 heavy (non-hydrogen) atoms. The molecule has 0 unspecified atom stereocenters. The van der Waals surface area contributed by atoms with Gasteiger partial charge in [0.25, 0.3) is 0 Å². The second-order valence-electron chi connectivity index (χ2n) is 8.14. The molecule has 0 saturated carbocycles. The molecule has 3 N–H and O–H groups in total. The molecule has 7 nitrogen and oxygen atoms in total. The minimum Gasteiger partial charge on any atom is -0.465 e. The van der Waals surface area contributed by atoms with Gasteiger partial charge in [0.05, 0.1) is 30.4 Å². The molecule has 188 valence electrons. The number of halogens is 2. The zero-order valence-electron chi connectivity index (χ0n) is 19.9. The average molecular weight is 496 g/mol. The zero-order valence-corrected chi connectivity index (χ0v) is 19.9. The molecule has 4 rings (SSSR count). The summed E-state index contributed by atoms with van der Waals surface area (Å²) in [6.07, 6.45) is 3.51. The molecule has 0 radical (unpaired) electrons. The lowest BCUT2D eigenvalue weighted by molar-refractivity contribution is -0.143. The number of carbonyl (C=O) groups is 1. The van der Waals surface area contributed by atoms with Gasteiger partial charge in [-0.15, -0.1) is 0 Å². The highest BCUT2D eigenvalue weighted by atomic mass is 19.1. The molecule has 0 atom stereocenters. The van der Waals surface area contributed by atoms with Gasteiger partial charge in [0.2, 0.25) is 0 Å². The molecular formula is C27H27F2N3O4. The van der Waals surface area contributed by atoms with Crippen LogP contribution in [0.2, 0.25) is 0 Å². The summed E-state index contributed by atoms with van der Waals surface area (Å²) in [5, 5.41) is 3.44. The normalized spacial score (nSPS) is 11.1. The van der Waals surface area contributed by atoms with E-state index in [4.69, 9.17) is 19.6 Å². The van der Waals surface area contributed by atoms with Crippen molar-refractivity contribution in [1.29, 1.82) is 0 Å². The topological polar surface area (TPSA) is 99.6 Å². The van der Waals surface area contributed by atoms with Crippen molar-refractivity contribution in [2.45, 2.75) is 25.9 Å². The van der Waals surface area contributed by atoms with Gasteiger partial charge in [0, 0.05) is 61.8 Å². The van der Waals surface area contributed by atoms with Crippen molar-refractivity contribution in [3.8, 4) is 11.1 Å². The molecule has 2 heterocycles. The van der Waals surface area contributed by atoms with Crippen molar-refractivity contribution in [2.75, 3.05) is 25.6 Å². The van der Waals surface area contributed by atoms with E-state index in [-0.39, 0.29) is 54.3 Å². The largest absolute Gasteiger partial charge is 0.465 e. The molecule has 0 aliphatic carbocycles. The molecule has 9 heteroatoms. The third-order valence-electron chi connectivity index (χ3n) is 5.77. The molecule has 0 bridgehead atoms. The molecule has 4 aromatic rings. The number of esters is 1. The molecule has 0 spiro atoms. The molecule has 0 fully saturated rings. The summed E-state index contributed by atoms with van der Waals surface area (Å²) in [5.74, 6) is -1.41. The molecule has 0 aliphatic rings. The Balaban J connectivity index is 1.58. The van der Waals surface area contributed by atoms with Gasteiger partial charge in [-0.2, -0.15) is 0 Å². The molecule has 2 aromatic carbocycles. The van der Waals surface area contributed by atoms with Crippen LogP contribution in [0, 0.1) is 11.6 Å². The summed E-state index contributed by atoms with van der Waals surface area (Å²) in [6.45, 7) is 0.813. The van der Waals surface area contributed by atoms with Gasteiger partial charge in [-0.1, -0.05) is 18.2 Å². The summed E-state index contributed by atoms with van der Waals surface area (Å²) in [7, 11) is 1.59. The Morgan fingerprint density at radius 3 is 2.72 bits per heavy atom. The SMILES string of the molecule is COCCCOC(=O)Cc1ccccc1NCc1cc(-c2ccnc(CN)c2F)c2occc2c1F. The van der Waals surface area contributed by atoms with Crippen LogP contribution in [0.3, 0.4) is 0 Å². The van der Waals surface area contributed by atoms with Gasteiger partial charge < -0.3 is 24.9 Å². The fourth-order valence-electron chi connectivity index (χ4n) is 3.97. The van der Waals surface area contributed by atoms with Crippen LogP contribution < -0.4 is 11.1 Å². The number of nitrogens with two attached hydrogens (primary N) is 1. The summed E-state index contributed by atoms with van der Waals surface area (Å²) in [5.41, 5.74) is 8.27. The molecule has 0 aliphatic heterocycles. The Morgan fingerprint density at radius 1 is 1.08 bits per heavy atom. The number of carbonyl (C=O) groups excluding carboxylic acids is 1. The lowest BCUT2D eigenvalue weighted by atomic mass is 9.99. The Hall–Kier alpha value is -3.82. The van der Waals surface area contributed by atoms with E-state index < -0.39 is 11.6 Å². The number of fused-ring (bicyclic) bond motifs is 1. The maximum absolute atomic E-state index is 15.3. The number of benzene rings is 2. The second-order valence-corrected chi connectivity index (χ2v) is 8.14. The Kier molecular flexibility index (Phi) is 8.24. The molecular weight excluding hydrogens is 468 g/mol. The van der Waals surface area contributed by atoms with E-state index in [0.29, 0.717) is 35.4 Å². The van der Waals surface area contributed by atoms with Gasteiger partial charge in [-0.25, -0.2) is 8.78 Å². The van der Waals surface area contributed by atoms with E-state index in [1.165, 1.54) is 24.6 Å². The fourth-order valence-corrected chi connectivity index (χ4v) is 3.97. The summed E-state index contributed by atoms with van der Waals surface area (Å²) >= 11 is 0. The standard InChI is InChI=1S/C27H27F2N3O4/c1-34-10-4-11-35-24(33)14-17-5-2-3-6-22(17)32-16-18-13-21(27-20(25(18)28)8-12-36-27)19-7-9-31-23(15-30)26(19)29/h2-3,5-9,12-13,32H,4,10-11,14-16,30H2,1H3. The molecule has 0 amide bonds. The number of methoxy groups -OCH3 is 1. The first kappa shape index (κ1) is 25.3. The highest BCUT2D eigenvalue weighted by Gasteiger charge is 2.20.